The number of methoxy groups -OCH3 is 1. The molecule has 0 unspecified atom stereocenters. The van der Waals surface area contributed by atoms with Crippen molar-refractivity contribution in [3.63, 3.8) is 0 Å². The highest BCUT2D eigenvalue weighted by atomic mass is 35.5. The number of nitrogens with one attached hydrogen (secondary N) is 1. The molecule has 8 nitrogen and oxygen atoms in total. The summed E-state index contributed by atoms with van der Waals surface area (Å²) >= 11 is 5.98. The maximum Gasteiger partial charge on any atom is 0.242 e. The van der Waals surface area contributed by atoms with Gasteiger partial charge in [-0.2, -0.15) is 0 Å². The maximum absolute atomic E-state index is 13.2. The van der Waals surface area contributed by atoms with E-state index in [1.165, 1.54) is 16.3 Å². The number of anilines is 1. The molecule has 0 aliphatic heterocycles. The Balaban J connectivity index is 2.14. The van der Waals surface area contributed by atoms with E-state index in [-0.39, 0.29) is 31.3 Å². The van der Waals surface area contributed by atoms with Crippen molar-refractivity contribution in [3.05, 3.63) is 59.1 Å². The number of hydrogen-bond acceptors (Lipinski definition) is 5. The average molecular weight is 524 g/mol. The number of hydrogen-bond donors (Lipinski definition) is 1. The van der Waals surface area contributed by atoms with E-state index in [0.29, 0.717) is 29.4 Å². The standard InChI is InChI=1S/C25H34ClN3O5S/c1-5-16-27-25(31)19(2)28(18-20-8-10-21(26)11-9-20)24(30)7-6-17-29(35(4,32)33)22-12-14-23(34-3)15-13-22/h8-15,19H,5-7,16-18H2,1-4H3,(H,27,31)/t19-/m0/s1. The minimum Gasteiger partial charge on any atom is -0.497 e. The molecule has 0 aromatic heterocycles. The summed E-state index contributed by atoms with van der Waals surface area (Å²) in [5, 5.41) is 3.42. The second-order valence-electron chi connectivity index (χ2n) is 8.25. The predicted molar refractivity (Wildman–Crippen MR) is 139 cm³/mol. The monoisotopic (exact) mass is 523 g/mol. The Morgan fingerprint density at radius 3 is 2.26 bits per heavy atom. The number of carbonyl (C=O) groups excluding carboxylic acids is 2. The van der Waals surface area contributed by atoms with Crippen LogP contribution in [0, 0.1) is 0 Å². The van der Waals surface area contributed by atoms with Crippen LogP contribution in [-0.2, 0) is 26.2 Å². The van der Waals surface area contributed by atoms with Crippen LogP contribution in [0.2, 0.25) is 5.02 Å². The van der Waals surface area contributed by atoms with Crippen molar-refractivity contribution in [2.75, 3.05) is 30.8 Å². The van der Waals surface area contributed by atoms with Crippen LogP contribution < -0.4 is 14.4 Å². The Morgan fingerprint density at radius 1 is 1.09 bits per heavy atom. The number of amides is 2. The lowest BCUT2D eigenvalue weighted by atomic mass is 10.1. The second kappa shape index (κ2) is 13.3. The van der Waals surface area contributed by atoms with Crippen LogP contribution in [0.15, 0.2) is 48.5 Å². The molecule has 2 aromatic carbocycles. The van der Waals surface area contributed by atoms with Crippen molar-refractivity contribution in [2.45, 2.75) is 45.7 Å². The maximum atomic E-state index is 13.2. The summed E-state index contributed by atoms with van der Waals surface area (Å²) in [7, 11) is -2.02. The molecule has 1 N–H and O–H groups in total. The molecule has 192 valence electrons. The minimum atomic E-state index is -3.56. The van der Waals surface area contributed by atoms with Gasteiger partial charge in [0, 0.05) is 31.1 Å². The second-order valence-corrected chi connectivity index (χ2v) is 10.6. The lowest BCUT2D eigenvalue weighted by molar-refractivity contribution is -0.140. The van der Waals surface area contributed by atoms with Crippen LogP contribution >= 0.6 is 11.6 Å². The zero-order chi connectivity index (χ0) is 26.0. The van der Waals surface area contributed by atoms with Crippen LogP contribution in [0.1, 0.15) is 38.7 Å². The Kier molecular flexibility index (Phi) is 10.9. The quantitative estimate of drug-likeness (QED) is 0.430. The molecule has 0 saturated heterocycles. The van der Waals surface area contributed by atoms with Gasteiger partial charge in [-0.05, 0) is 61.7 Å². The third kappa shape index (κ3) is 8.74. The highest BCUT2D eigenvalue weighted by Gasteiger charge is 2.26. The number of ether oxygens (including phenoxy) is 1. The van der Waals surface area contributed by atoms with Gasteiger partial charge < -0.3 is 15.0 Å². The summed E-state index contributed by atoms with van der Waals surface area (Å²) in [6.45, 7) is 4.54. The molecule has 2 aromatic rings. The van der Waals surface area contributed by atoms with Gasteiger partial charge in [0.2, 0.25) is 21.8 Å². The van der Waals surface area contributed by atoms with Gasteiger partial charge in [-0.3, -0.25) is 13.9 Å². The van der Waals surface area contributed by atoms with E-state index in [0.717, 1.165) is 18.2 Å². The molecule has 0 aliphatic rings. The molecule has 0 radical (unpaired) electrons. The molecular formula is C25H34ClN3O5S. The van der Waals surface area contributed by atoms with Crippen molar-refractivity contribution in [1.29, 1.82) is 0 Å². The van der Waals surface area contributed by atoms with Crippen molar-refractivity contribution < 1.29 is 22.7 Å². The first-order valence-electron chi connectivity index (χ1n) is 11.5. The van der Waals surface area contributed by atoms with E-state index >= 15 is 0 Å². The molecule has 35 heavy (non-hydrogen) atoms. The van der Waals surface area contributed by atoms with Crippen LogP contribution in [-0.4, -0.2) is 57.6 Å². The molecule has 0 fully saturated rings. The highest BCUT2D eigenvalue weighted by molar-refractivity contribution is 7.92. The minimum absolute atomic E-state index is 0.0845. The van der Waals surface area contributed by atoms with E-state index in [1.54, 1.807) is 43.3 Å². The summed E-state index contributed by atoms with van der Waals surface area (Å²) in [6.07, 6.45) is 2.29. The zero-order valence-electron chi connectivity index (χ0n) is 20.7. The third-order valence-corrected chi connectivity index (χ3v) is 6.94. The van der Waals surface area contributed by atoms with Gasteiger partial charge >= 0.3 is 0 Å². The lowest BCUT2D eigenvalue weighted by Gasteiger charge is -2.29. The first kappa shape index (κ1) is 28.5. The average Bonchev–Trinajstić information content (AvgIpc) is 2.83. The van der Waals surface area contributed by atoms with Gasteiger partial charge in [0.1, 0.15) is 11.8 Å². The van der Waals surface area contributed by atoms with Crippen molar-refractivity contribution >= 4 is 39.1 Å². The number of nitrogens with zero attached hydrogens (tertiary/aromatic N) is 2. The van der Waals surface area contributed by atoms with Crippen molar-refractivity contribution in [1.82, 2.24) is 10.2 Å². The summed E-state index contributed by atoms with van der Waals surface area (Å²) < 4.78 is 31.2. The van der Waals surface area contributed by atoms with Crippen molar-refractivity contribution in [2.24, 2.45) is 0 Å². The van der Waals surface area contributed by atoms with Crippen molar-refractivity contribution in [3.8, 4) is 5.75 Å². The molecule has 0 saturated carbocycles. The Morgan fingerprint density at radius 2 is 1.71 bits per heavy atom. The van der Waals surface area contributed by atoms with Gasteiger partial charge in [0.15, 0.2) is 0 Å². The largest absolute Gasteiger partial charge is 0.497 e. The van der Waals surface area contributed by atoms with Crippen LogP contribution in [0.3, 0.4) is 0 Å². The Labute approximate surface area is 213 Å². The van der Waals surface area contributed by atoms with Crippen LogP contribution in [0.25, 0.3) is 0 Å². The fourth-order valence-corrected chi connectivity index (χ4v) is 4.61. The van der Waals surface area contributed by atoms with E-state index < -0.39 is 16.1 Å². The molecular weight excluding hydrogens is 490 g/mol. The fraction of sp³-hybridized carbons (Fsp3) is 0.440. The van der Waals surface area contributed by atoms with E-state index in [9.17, 15) is 18.0 Å². The van der Waals surface area contributed by atoms with Gasteiger partial charge in [-0.25, -0.2) is 8.42 Å². The number of sulfonamides is 1. The topological polar surface area (TPSA) is 96.0 Å². The van der Waals surface area contributed by atoms with E-state index in [1.807, 2.05) is 19.1 Å². The fourth-order valence-electron chi connectivity index (χ4n) is 3.52. The van der Waals surface area contributed by atoms with Gasteiger partial charge in [0.25, 0.3) is 0 Å². The summed E-state index contributed by atoms with van der Waals surface area (Å²) in [5.74, 6) is 0.151. The molecule has 0 spiro atoms. The summed E-state index contributed by atoms with van der Waals surface area (Å²) in [5.41, 5.74) is 1.33. The normalized spacial score (nSPS) is 12.0. The summed E-state index contributed by atoms with van der Waals surface area (Å²) in [4.78, 5) is 27.4. The number of halogens is 1. The molecule has 2 amide bonds. The van der Waals surface area contributed by atoms with Crippen LogP contribution in [0.5, 0.6) is 5.75 Å². The highest BCUT2D eigenvalue weighted by Crippen LogP contribution is 2.22. The molecule has 1 atom stereocenters. The number of benzene rings is 2. The summed E-state index contributed by atoms with van der Waals surface area (Å²) in [6, 6.07) is 13.1. The van der Waals surface area contributed by atoms with Gasteiger partial charge in [-0.1, -0.05) is 30.7 Å². The van der Waals surface area contributed by atoms with E-state index in [4.69, 9.17) is 16.3 Å². The van der Waals surface area contributed by atoms with E-state index in [2.05, 4.69) is 5.32 Å². The lowest BCUT2D eigenvalue weighted by Crippen LogP contribution is -2.47. The smallest absolute Gasteiger partial charge is 0.242 e. The molecule has 0 heterocycles. The number of carbonyl (C=O) groups is 2. The Bertz CT molecular complexity index is 1080. The number of rotatable bonds is 13. The van der Waals surface area contributed by atoms with Gasteiger partial charge in [0.05, 0.1) is 19.1 Å². The molecule has 2 rings (SSSR count). The van der Waals surface area contributed by atoms with Crippen LogP contribution in [0.4, 0.5) is 5.69 Å². The van der Waals surface area contributed by atoms with Gasteiger partial charge in [-0.15, -0.1) is 0 Å². The molecule has 0 aliphatic carbocycles. The third-order valence-electron chi connectivity index (χ3n) is 5.50. The SMILES string of the molecule is CCCNC(=O)[C@H](C)N(Cc1ccc(Cl)cc1)C(=O)CCCN(c1ccc(OC)cc1)S(C)(=O)=O. The first-order chi connectivity index (χ1) is 16.6. The molecule has 10 heteroatoms. The molecule has 0 bridgehead atoms. The zero-order valence-corrected chi connectivity index (χ0v) is 22.2. The predicted octanol–water partition coefficient (Wildman–Crippen LogP) is 3.84. The Hall–Kier alpha value is -2.78. The first-order valence-corrected chi connectivity index (χ1v) is 13.7.